The van der Waals surface area contributed by atoms with Crippen LogP contribution in [0.5, 0.6) is 0 Å². The Hall–Kier alpha value is -1.02. The average molecular weight is 207 g/mol. The third kappa shape index (κ3) is 13.0. The zero-order valence-corrected chi connectivity index (χ0v) is 9.97. The molecule has 0 fully saturated rings. The molecule has 84 valence electrons. The summed E-state index contributed by atoms with van der Waals surface area (Å²) in [5.41, 5.74) is 0. The smallest absolute Gasteiger partial charge is 0.198 e. The Morgan fingerprint density at radius 1 is 0.800 bits per heavy atom. The molecule has 0 aromatic heterocycles. The summed E-state index contributed by atoms with van der Waals surface area (Å²) >= 11 is 0. The SMILES string of the molecule is C[N+]#CCCCCCCCCCCC#N. The lowest BCUT2D eigenvalue weighted by atomic mass is 10.1. The van der Waals surface area contributed by atoms with Crippen molar-refractivity contribution in [1.82, 2.24) is 0 Å². The number of nitriles is 1. The van der Waals surface area contributed by atoms with Crippen molar-refractivity contribution >= 4 is 0 Å². The van der Waals surface area contributed by atoms with Gasteiger partial charge < -0.3 is 0 Å². The zero-order valence-electron chi connectivity index (χ0n) is 9.97. The summed E-state index contributed by atoms with van der Waals surface area (Å²) in [7, 11) is 1.78. The van der Waals surface area contributed by atoms with Crippen LogP contribution in [0.15, 0.2) is 0 Å². The van der Waals surface area contributed by atoms with Gasteiger partial charge in [-0.05, 0) is 12.8 Å². The van der Waals surface area contributed by atoms with E-state index in [-0.39, 0.29) is 0 Å². The summed E-state index contributed by atoms with van der Waals surface area (Å²) < 4.78 is 0. The standard InChI is InChI=1S/C13H23N2/c1-15-13-11-9-7-5-3-2-4-6-8-10-12-14/h2-11H2,1H3/q+1. The van der Waals surface area contributed by atoms with Gasteiger partial charge >= 0.3 is 0 Å². The molecule has 15 heavy (non-hydrogen) atoms. The van der Waals surface area contributed by atoms with Crippen LogP contribution in [0.3, 0.4) is 0 Å². The second kappa shape index (κ2) is 13.0. The highest BCUT2D eigenvalue weighted by Crippen LogP contribution is 2.10. The van der Waals surface area contributed by atoms with Gasteiger partial charge in [-0.2, -0.15) is 5.26 Å². The maximum atomic E-state index is 8.35. The third-order valence-corrected chi connectivity index (χ3v) is 2.49. The number of nitrogens with zero attached hydrogens (tertiary/aromatic N) is 2. The van der Waals surface area contributed by atoms with Gasteiger partial charge in [0.05, 0.1) is 12.5 Å². The molecule has 0 saturated carbocycles. The van der Waals surface area contributed by atoms with Crippen molar-refractivity contribution in [1.29, 1.82) is 5.26 Å². The van der Waals surface area contributed by atoms with Crippen molar-refractivity contribution in [2.24, 2.45) is 0 Å². The number of hydrogen-bond donors (Lipinski definition) is 0. The first-order chi connectivity index (χ1) is 7.41. The molecule has 2 heteroatoms. The maximum Gasteiger partial charge on any atom is 0.272 e. The Morgan fingerprint density at radius 3 is 1.73 bits per heavy atom. The molecule has 0 rings (SSSR count). The van der Waals surface area contributed by atoms with Crippen LogP contribution in [-0.2, 0) is 0 Å². The van der Waals surface area contributed by atoms with Crippen LogP contribution in [0.1, 0.15) is 64.2 Å². The molecule has 0 aromatic rings. The normalized spacial score (nSPS) is 9.07. The van der Waals surface area contributed by atoms with Crippen LogP contribution in [0, 0.1) is 17.4 Å². The van der Waals surface area contributed by atoms with Crippen LogP contribution in [0.4, 0.5) is 0 Å². The summed E-state index contributed by atoms with van der Waals surface area (Å²) in [6.45, 7) is 0. The van der Waals surface area contributed by atoms with Crippen LogP contribution in [-0.4, -0.2) is 7.05 Å². The van der Waals surface area contributed by atoms with Crippen LogP contribution in [0.2, 0.25) is 0 Å². The Balaban J connectivity index is 2.92. The predicted octanol–water partition coefficient (Wildman–Crippen LogP) is 4.37. The summed E-state index contributed by atoms with van der Waals surface area (Å²) in [5, 5.41) is 8.35. The van der Waals surface area contributed by atoms with E-state index in [1.807, 2.05) is 0 Å². The molecule has 0 aliphatic heterocycles. The topological polar surface area (TPSA) is 28.1 Å². The van der Waals surface area contributed by atoms with Gasteiger partial charge in [0.1, 0.15) is 0 Å². The van der Waals surface area contributed by atoms with E-state index in [1.165, 1.54) is 44.9 Å². The summed E-state index contributed by atoms with van der Waals surface area (Å²) in [6.07, 6.45) is 11.9. The van der Waals surface area contributed by atoms with Crippen molar-refractivity contribution in [2.75, 3.05) is 7.05 Å². The highest BCUT2D eigenvalue weighted by molar-refractivity contribution is 4.81. The van der Waals surface area contributed by atoms with Crippen LogP contribution in [0.25, 0.3) is 4.85 Å². The van der Waals surface area contributed by atoms with E-state index < -0.39 is 0 Å². The van der Waals surface area contributed by atoms with Gasteiger partial charge in [-0.3, -0.25) is 0 Å². The van der Waals surface area contributed by atoms with Gasteiger partial charge in [0.2, 0.25) is 0 Å². The summed E-state index contributed by atoms with van der Waals surface area (Å²) in [6, 6.07) is 5.15. The first-order valence-corrected chi connectivity index (χ1v) is 6.10. The summed E-state index contributed by atoms with van der Waals surface area (Å²) in [4.78, 5) is 3.84. The van der Waals surface area contributed by atoms with E-state index in [4.69, 9.17) is 5.26 Å². The Morgan fingerprint density at radius 2 is 1.27 bits per heavy atom. The van der Waals surface area contributed by atoms with E-state index in [9.17, 15) is 0 Å². The predicted molar refractivity (Wildman–Crippen MR) is 65.0 cm³/mol. The molecular formula is C13H23N2+. The molecule has 0 spiro atoms. The monoisotopic (exact) mass is 207 g/mol. The lowest BCUT2D eigenvalue weighted by molar-refractivity contribution is 0.573. The third-order valence-electron chi connectivity index (χ3n) is 2.49. The van der Waals surface area contributed by atoms with E-state index in [2.05, 4.69) is 17.0 Å². The lowest BCUT2D eigenvalue weighted by Crippen LogP contribution is -1.81. The molecule has 0 N–H and O–H groups in total. The summed E-state index contributed by atoms with van der Waals surface area (Å²) in [5.74, 6) is 0. The molecule has 0 atom stereocenters. The first kappa shape index (κ1) is 14.0. The second-order valence-corrected chi connectivity index (χ2v) is 3.87. The van der Waals surface area contributed by atoms with Gasteiger partial charge in [0, 0.05) is 6.42 Å². The van der Waals surface area contributed by atoms with Gasteiger partial charge in [0.25, 0.3) is 13.1 Å². The minimum absolute atomic E-state index is 0.728. The number of hydrogen-bond acceptors (Lipinski definition) is 1. The Labute approximate surface area is 94.1 Å². The van der Waals surface area contributed by atoms with Crippen molar-refractivity contribution in [2.45, 2.75) is 64.2 Å². The molecule has 0 aromatic carbocycles. The minimum atomic E-state index is 0.728. The lowest BCUT2D eigenvalue weighted by Gasteiger charge is -1.99. The van der Waals surface area contributed by atoms with Crippen LogP contribution < -0.4 is 0 Å². The fraction of sp³-hybridized carbons (Fsp3) is 0.846. The maximum absolute atomic E-state index is 8.35. The van der Waals surface area contributed by atoms with Crippen molar-refractivity contribution in [3.8, 4) is 12.1 Å². The van der Waals surface area contributed by atoms with Gasteiger partial charge in [-0.25, -0.2) is 0 Å². The molecule has 0 heterocycles. The van der Waals surface area contributed by atoms with Crippen LogP contribution >= 0.6 is 0 Å². The van der Waals surface area contributed by atoms with Crippen molar-refractivity contribution < 1.29 is 0 Å². The highest BCUT2D eigenvalue weighted by atomic mass is 14.6. The molecule has 0 saturated heterocycles. The first-order valence-electron chi connectivity index (χ1n) is 6.10. The van der Waals surface area contributed by atoms with Crippen molar-refractivity contribution in [3.05, 3.63) is 4.85 Å². The molecule has 0 radical (unpaired) electrons. The Bertz CT molecular complexity index is 217. The van der Waals surface area contributed by atoms with E-state index in [1.54, 1.807) is 7.05 Å². The van der Waals surface area contributed by atoms with Gasteiger partial charge in [-0.15, -0.1) is 0 Å². The second-order valence-electron chi connectivity index (χ2n) is 3.87. The molecule has 0 aliphatic rings. The molecule has 0 aliphatic carbocycles. The quantitative estimate of drug-likeness (QED) is 0.516. The fourth-order valence-electron chi connectivity index (χ4n) is 1.58. The average Bonchev–Trinajstić information content (AvgIpc) is 2.26. The van der Waals surface area contributed by atoms with E-state index in [0.717, 1.165) is 19.3 Å². The van der Waals surface area contributed by atoms with E-state index in [0.29, 0.717) is 0 Å². The highest BCUT2D eigenvalue weighted by Gasteiger charge is 1.92. The molecule has 0 amide bonds. The largest absolute Gasteiger partial charge is 0.272 e. The fourth-order valence-corrected chi connectivity index (χ4v) is 1.58. The molecule has 0 unspecified atom stereocenters. The molecular weight excluding hydrogens is 184 g/mol. The number of unbranched alkanes of at least 4 members (excludes halogenated alkanes) is 9. The molecule has 2 nitrogen and oxygen atoms in total. The zero-order chi connectivity index (χ0) is 11.2. The molecule has 0 bridgehead atoms. The van der Waals surface area contributed by atoms with Gasteiger partial charge in [0.15, 0.2) is 0 Å². The minimum Gasteiger partial charge on any atom is -0.198 e. The van der Waals surface area contributed by atoms with Crippen molar-refractivity contribution in [3.63, 3.8) is 0 Å². The Kier molecular flexibility index (Phi) is 12.1. The van der Waals surface area contributed by atoms with E-state index >= 15 is 0 Å². The van der Waals surface area contributed by atoms with Gasteiger partial charge in [-0.1, -0.05) is 43.4 Å². The number of rotatable bonds is 9.